The van der Waals surface area contributed by atoms with E-state index in [0.29, 0.717) is 0 Å². The van der Waals surface area contributed by atoms with Crippen LogP contribution in [0, 0.1) is 13.8 Å². The highest BCUT2D eigenvalue weighted by molar-refractivity contribution is 5.81. The van der Waals surface area contributed by atoms with Gasteiger partial charge in [0.05, 0.1) is 5.69 Å². The molecule has 2 aromatic carbocycles. The molecule has 4 heteroatoms. The van der Waals surface area contributed by atoms with E-state index in [1.165, 1.54) is 11.1 Å². The standard InChI is InChI=1S/C24H26N4/c1-4-21-17(2)26-24-22(20-13-9-6-10-14-20)18(3)27-28(24)23(21)25-16-15-19-11-7-5-8-12-19/h5-14,25H,4,15-16H2,1-3H3. The molecule has 0 aliphatic carbocycles. The number of hydrogen-bond donors (Lipinski definition) is 1. The molecule has 0 radical (unpaired) electrons. The van der Waals surface area contributed by atoms with E-state index in [1.807, 2.05) is 10.6 Å². The van der Waals surface area contributed by atoms with Crippen molar-refractivity contribution in [2.75, 3.05) is 11.9 Å². The predicted octanol–water partition coefficient (Wildman–Crippen LogP) is 5.23. The summed E-state index contributed by atoms with van der Waals surface area (Å²) in [6.45, 7) is 7.19. The van der Waals surface area contributed by atoms with Crippen molar-refractivity contribution < 1.29 is 0 Å². The number of rotatable bonds is 6. The summed E-state index contributed by atoms with van der Waals surface area (Å²) in [7, 11) is 0. The van der Waals surface area contributed by atoms with E-state index in [2.05, 4.69) is 80.7 Å². The van der Waals surface area contributed by atoms with E-state index in [4.69, 9.17) is 10.1 Å². The number of nitrogens with zero attached hydrogens (tertiary/aromatic N) is 3. The van der Waals surface area contributed by atoms with E-state index < -0.39 is 0 Å². The summed E-state index contributed by atoms with van der Waals surface area (Å²) in [5.41, 5.74) is 7.80. The molecule has 4 rings (SSSR count). The highest BCUT2D eigenvalue weighted by Crippen LogP contribution is 2.31. The lowest BCUT2D eigenvalue weighted by atomic mass is 10.1. The Bertz CT molecular complexity index is 1080. The predicted molar refractivity (Wildman–Crippen MR) is 116 cm³/mol. The molecule has 0 saturated carbocycles. The molecule has 0 aliphatic heterocycles. The molecule has 1 N–H and O–H groups in total. The molecule has 0 unspecified atom stereocenters. The minimum Gasteiger partial charge on any atom is -0.369 e. The van der Waals surface area contributed by atoms with E-state index >= 15 is 0 Å². The zero-order chi connectivity index (χ0) is 19.5. The van der Waals surface area contributed by atoms with Gasteiger partial charge in [-0.2, -0.15) is 9.61 Å². The van der Waals surface area contributed by atoms with Crippen LogP contribution in [0.5, 0.6) is 0 Å². The van der Waals surface area contributed by atoms with Gasteiger partial charge in [-0.25, -0.2) is 4.98 Å². The zero-order valence-electron chi connectivity index (χ0n) is 16.7. The number of fused-ring (bicyclic) bond motifs is 1. The summed E-state index contributed by atoms with van der Waals surface area (Å²) in [4.78, 5) is 4.93. The van der Waals surface area contributed by atoms with Crippen molar-refractivity contribution in [1.29, 1.82) is 0 Å². The first-order valence-electron chi connectivity index (χ1n) is 9.91. The molecule has 0 fully saturated rings. The van der Waals surface area contributed by atoms with Crippen LogP contribution in [-0.4, -0.2) is 21.1 Å². The second-order valence-electron chi connectivity index (χ2n) is 7.10. The normalized spacial score (nSPS) is 11.1. The number of nitrogens with one attached hydrogen (secondary N) is 1. The zero-order valence-corrected chi connectivity index (χ0v) is 16.7. The van der Waals surface area contributed by atoms with E-state index in [1.54, 1.807) is 0 Å². The largest absolute Gasteiger partial charge is 0.369 e. The Morgan fingerprint density at radius 1 is 0.893 bits per heavy atom. The van der Waals surface area contributed by atoms with Crippen LogP contribution in [0.3, 0.4) is 0 Å². The maximum absolute atomic E-state index is 4.93. The number of benzene rings is 2. The second-order valence-corrected chi connectivity index (χ2v) is 7.10. The Labute approximate surface area is 166 Å². The summed E-state index contributed by atoms with van der Waals surface area (Å²) in [5, 5.41) is 8.51. The molecule has 2 aromatic heterocycles. The smallest absolute Gasteiger partial charge is 0.165 e. The highest BCUT2D eigenvalue weighted by Gasteiger charge is 2.19. The minimum atomic E-state index is 0.856. The third-order valence-electron chi connectivity index (χ3n) is 5.21. The van der Waals surface area contributed by atoms with Gasteiger partial charge in [0, 0.05) is 23.4 Å². The Balaban J connectivity index is 1.76. The molecule has 0 aliphatic rings. The van der Waals surface area contributed by atoms with Crippen LogP contribution in [0.2, 0.25) is 0 Å². The number of aromatic nitrogens is 3. The van der Waals surface area contributed by atoms with E-state index in [0.717, 1.165) is 53.4 Å². The maximum atomic E-state index is 4.93. The maximum Gasteiger partial charge on any atom is 0.165 e. The quantitative estimate of drug-likeness (QED) is 0.505. The van der Waals surface area contributed by atoms with Gasteiger partial charge < -0.3 is 5.32 Å². The van der Waals surface area contributed by atoms with Crippen LogP contribution in [0.4, 0.5) is 5.82 Å². The van der Waals surface area contributed by atoms with Crippen molar-refractivity contribution in [3.05, 3.63) is 83.2 Å². The number of aryl methyl sites for hydroxylation is 2. The summed E-state index contributed by atoms with van der Waals surface area (Å²) < 4.78 is 1.99. The van der Waals surface area contributed by atoms with Crippen LogP contribution in [0.25, 0.3) is 16.8 Å². The first kappa shape index (κ1) is 18.2. The summed E-state index contributed by atoms with van der Waals surface area (Å²) >= 11 is 0. The van der Waals surface area contributed by atoms with Crippen molar-refractivity contribution in [3.63, 3.8) is 0 Å². The fourth-order valence-corrected chi connectivity index (χ4v) is 3.82. The van der Waals surface area contributed by atoms with Crippen molar-refractivity contribution in [1.82, 2.24) is 14.6 Å². The average molecular weight is 371 g/mol. The van der Waals surface area contributed by atoms with Crippen LogP contribution in [-0.2, 0) is 12.8 Å². The molecule has 0 amide bonds. The monoisotopic (exact) mass is 370 g/mol. The van der Waals surface area contributed by atoms with Crippen molar-refractivity contribution in [2.45, 2.75) is 33.6 Å². The van der Waals surface area contributed by atoms with Crippen LogP contribution in [0.1, 0.15) is 29.4 Å². The van der Waals surface area contributed by atoms with Crippen molar-refractivity contribution in [2.24, 2.45) is 0 Å². The molecule has 4 aromatic rings. The molecule has 28 heavy (non-hydrogen) atoms. The summed E-state index contributed by atoms with van der Waals surface area (Å²) in [6.07, 6.45) is 1.89. The lowest BCUT2D eigenvalue weighted by Crippen LogP contribution is -2.13. The lowest BCUT2D eigenvalue weighted by Gasteiger charge is -2.15. The number of anilines is 1. The van der Waals surface area contributed by atoms with Crippen molar-refractivity contribution in [3.8, 4) is 11.1 Å². The Kier molecular flexibility index (Phi) is 5.11. The third-order valence-corrected chi connectivity index (χ3v) is 5.21. The van der Waals surface area contributed by atoms with Gasteiger partial charge in [0.15, 0.2) is 5.65 Å². The van der Waals surface area contributed by atoms with Crippen molar-refractivity contribution >= 4 is 11.5 Å². The Morgan fingerprint density at radius 2 is 1.57 bits per heavy atom. The highest BCUT2D eigenvalue weighted by atomic mass is 15.3. The minimum absolute atomic E-state index is 0.856. The van der Waals surface area contributed by atoms with Gasteiger partial charge in [0.2, 0.25) is 0 Å². The summed E-state index contributed by atoms with van der Waals surface area (Å²) in [6, 6.07) is 21.0. The van der Waals surface area contributed by atoms with E-state index in [-0.39, 0.29) is 0 Å². The van der Waals surface area contributed by atoms with Gasteiger partial charge in [0.1, 0.15) is 5.82 Å². The van der Waals surface area contributed by atoms with Crippen LogP contribution < -0.4 is 5.32 Å². The molecule has 2 heterocycles. The Hall–Kier alpha value is -3.14. The molecule has 142 valence electrons. The van der Waals surface area contributed by atoms with Gasteiger partial charge in [-0.15, -0.1) is 0 Å². The van der Waals surface area contributed by atoms with Gasteiger partial charge >= 0.3 is 0 Å². The molecule has 0 bridgehead atoms. The fraction of sp³-hybridized carbons (Fsp3) is 0.250. The molecular formula is C24H26N4. The second kappa shape index (κ2) is 7.85. The van der Waals surface area contributed by atoms with Gasteiger partial charge in [-0.1, -0.05) is 67.6 Å². The Morgan fingerprint density at radius 3 is 2.25 bits per heavy atom. The van der Waals surface area contributed by atoms with Gasteiger partial charge in [-0.05, 0) is 37.8 Å². The average Bonchev–Trinajstić information content (AvgIpc) is 3.05. The molecule has 0 atom stereocenters. The van der Waals surface area contributed by atoms with Crippen LogP contribution >= 0.6 is 0 Å². The molecule has 4 nitrogen and oxygen atoms in total. The first-order valence-corrected chi connectivity index (χ1v) is 9.91. The van der Waals surface area contributed by atoms with E-state index in [9.17, 15) is 0 Å². The fourth-order valence-electron chi connectivity index (χ4n) is 3.82. The summed E-state index contributed by atoms with van der Waals surface area (Å²) in [5.74, 6) is 1.06. The SMILES string of the molecule is CCc1c(C)nc2c(-c3ccccc3)c(C)nn2c1NCCc1ccccc1. The number of hydrogen-bond acceptors (Lipinski definition) is 3. The van der Waals surface area contributed by atoms with Gasteiger partial charge in [0.25, 0.3) is 0 Å². The first-order chi connectivity index (χ1) is 13.7. The lowest BCUT2D eigenvalue weighted by molar-refractivity contribution is 0.867. The van der Waals surface area contributed by atoms with Gasteiger partial charge in [-0.3, -0.25) is 0 Å². The molecule has 0 saturated heterocycles. The topological polar surface area (TPSA) is 42.2 Å². The molecular weight excluding hydrogens is 344 g/mol. The van der Waals surface area contributed by atoms with Crippen LogP contribution in [0.15, 0.2) is 60.7 Å². The molecule has 0 spiro atoms. The third kappa shape index (κ3) is 3.38.